The van der Waals surface area contributed by atoms with Crippen molar-refractivity contribution < 1.29 is 9.18 Å². The lowest BCUT2D eigenvalue weighted by Gasteiger charge is -2.24. The molecular formula is C17H17Cl2FN2O. The van der Waals surface area contributed by atoms with Gasteiger partial charge in [0.1, 0.15) is 5.82 Å². The highest BCUT2D eigenvalue weighted by Gasteiger charge is 2.20. The van der Waals surface area contributed by atoms with Crippen molar-refractivity contribution in [2.75, 3.05) is 12.4 Å². The Balaban J connectivity index is 2.04. The monoisotopic (exact) mass is 354 g/mol. The maximum absolute atomic E-state index is 13.7. The average Bonchev–Trinajstić information content (AvgIpc) is 2.52. The maximum Gasteiger partial charge on any atom is 0.241 e. The highest BCUT2D eigenvalue weighted by Crippen LogP contribution is 2.25. The molecule has 0 fully saturated rings. The molecule has 122 valence electrons. The van der Waals surface area contributed by atoms with Crippen LogP contribution in [0.3, 0.4) is 0 Å². The number of benzene rings is 2. The maximum atomic E-state index is 13.7. The van der Waals surface area contributed by atoms with Crippen LogP contribution < -0.4 is 5.32 Å². The van der Waals surface area contributed by atoms with Gasteiger partial charge in [-0.15, -0.1) is 0 Å². The molecule has 0 aliphatic rings. The molecule has 0 aromatic heterocycles. The molecular weight excluding hydrogens is 338 g/mol. The fourth-order valence-corrected chi connectivity index (χ4v) is 2.40. The van der Waals surface area contributed by atoms with Gasteiger partial charge in [0.05, 0.1) is 16.8 Å². The van der Waals surface area contributed by atoms with Crippen LogP contribution in [-0.2, 0) is 11.3 Å². The number of halogens is 3. The minimum absolute atomic E-state index is 0.243. The topological polar surface area (TPSA) is 32.3 Å². The van der Waals surface area contributed by atoms with Crippen molar-refractivity contribution in [3.8, 4) is 0 Å². The SMILES string of the molecule is CC(C(=O)Nc1cc(Cl)ccc1Cl)N(C)Cc1ccccc1F. The molecule has 0 radical (unpaired) electrons. The molecule has 0 heterocycles. The number of nitrogens with zero attached hydrogens (tertiary/aromatic N) is 1. The zero-order chi connectivity index (χ0) is 17.0. The van der Waals surface area contributed by atoms with E-state index < -0.39 is 6.04 Å². The number of carbonyl (C=O) groups is 1. The largest absolute Gasteiger partial charge is 0.323 e. The van der Waals surface area contributed by atoms with Gasteiger partial charge in [0, 0.05) is 17.1 Å². The number of nitrogens with one attached hydrogen (secondary N) is 1. The molecule has 0 saturated heterocycles. The number of hydrogen-bond acceptors (Lipinski definition) is 2. The molecule has 2 rings (SSSR count). The van der Waals surface area contributed by atoms with E-state index in [9.17, 15) is 9.18 Å². The summed E-state index contributed by atoms with van der Waals surface area (Å²) in [5.41, 5.74) is 0.991. The molecule has 1 amide bonds. The number of rotatable bonds is 5. The van der Waals surface area contributed by atoms with Gasteiger partial charge in [-0.1, -0.05) is 41.4 Å². The van der Waals surface area contributed by atoms with Gasteiger partial charge < -0.3 is 5.32 Å². The molecule has 1 atom stereocenters. The quantitative estimate of drug-likeness (QED) is 0.851. The van der Waals surface area contributed by atoms with Crippen molar-refractivity contribution in [2.24, 2.45) is 0 Å². The third kappa shape index (κ3) is 4.67. The Labute approximate surface area is 145 Å². The minimum atomic E-state index is -0.468. The van der Waals surface area contributed by atoms with E-state index in [0.717, 1.165) is 0 Å². The Morgan fingerprint density at radius 3 is 2.65 bits per heavy atom. The van der Waals surface area contributed by atoms with E-state index in [4.69, 9.17) is 23.2 Å². The number of hydrogen-bond donors (Lipinski definition) is 1. The van der Waals surface area contributed by atoms with Crippen LogP contribution in [0.15, 0.2) is 42.5 Å². The Bertz CT molecular complexity index is 709. The molecule has 0 bridgehead atoms. The minimum Gasteiger partial charge on any atom is -0.323 e. The Hall–Kier alpha value is -1.62. The summed E-state index contributed by atoms with van der Waals surface area (Å²) >= 11 is 11.9. The summed E-state index contributed by atoms with van der Waals surface area (Å²) in [6.45, 7) is 2.07. The van der Waals surface area contributed by atoms with Crippen molar-refractivity contribution in [3.05, 3.63) is 63.9 Å². The fraction of sp³-hybridized carbons (Fsp3) is 0.235. The van der Waals surface area contributed by atoms with Crippen molar-refractivity contribution in [2.45, 2.75) is 19.5 Å². The van der Waals surface area contributed by atoms with Gasteiger partial charge in [0.25, 0.3) is 0 Å². The van der Waals surface area contributed by atoms with Crippen LogP contribution in [0, 0.1) is 5.82 Å². The van der Waals surface area contributed by atoms with Crippen LogP contribution in [0.2, 0.25) is 10.0 Å². The van der Waals surface area contributed by atoms with E-state index in [1.165, 1.54) is 6.07 Å². The summed E-state index contributed by atoms with van der Waals surface area (Å²) in [6.07, 6.45) is 0. The highest BCUT2D eigenvalue weighted by atomic mass is 35.5. The zero-order valence-electron chi connectivity index (χ0n) is 12.8. The summed E-state index contributed by atoms with van der Waals surface area (Å²) < 4.78 is 13.7. The lowest BCUT2D eigenvalue weighted by atomic mass is 10.1. The van der Waals surface area contributed by atoms with Crippen molar-refractivity contribution >= 4 is 34.8 Å². The lowest BCUT2D eigenvalue weighted by Crippen LogP contribution is -2.39. The Kier molecular flexibility index (Phi) is 5.99. The smallest absolute Gasteiger partial charge is 0.241 e. The first-order valence-electron chi connectivity index (χ1n) is 7.08. The normalized spacial score (nSPS) is 12.3. The zero-order valence-corrected chi connectivity index (χ0v) is 14.3. The first-order valence-corrected chi connectivity index (χ1v) is 7.83. The molecule has 0 aliphatic carbocycles. The molecule has 0 saturated carbocycles. The number of carbonyl (C=O) groups excluding carboxylic acids is 1. The second kappa shape index (κ2) is 7.77. The third-order valence-electron chi connectivity index (χ3n) is 3.60. The first-order chi connectivity index (χ1) is 10.9. The second-order valence-electron chi connectivity index (χ2n) is 5.30. The third-order valence-corrected chi connectivity index (χ3v) is 4.17. The molecule has 0 spiro atoms. The molecule has 0 aliphatic heterocycles. The van der Waals surface area contributed by atoms with Gasteiger partial charge >= 0.3 is 0 Å². The summed E-state index contributed by atoms with van der Waals surface area (Å²) in [4.78, 5) is 14.1. The number of amides is 1. The second-order valence-corrected chi connectivity index (χ2v) is 6.14. The van der Waals surface area contributed by atoms with E-state index in [1.54, 1.807) is 55.3 Å². The van der Waals surface area contributed by atoms with Crippen LogP contribution in [0.1, 0.15) is 12.5 Å². The van der Waals surface area contributed by atoms with E-state index in [-0.39, 0.29) is 11.7 Å². The lowest BCUT2D eigenvalue weighted by molar-refractivity contribution is -0.120. The van der Waals surface area contributed by atoms with Gasteiger partial charge in [0.15, 0.2) is 0 Å². The van der Waals surface area contributed by atoms with Gasteiger partial charge in [-0.05, 0) is 38.2 Å². The molecule has 2 aromatic rings. The van der Waals surface area contributed by atoms with E-state index >= 15 is 0 Å². The summed E-state index contributed by atoms with van der Waals surface area (Å²) in [6, 6.07) is 10.9. The van der Waals surface area contributed by atoms with Crippen molar-refractivity contribution in [3.63, 3.8) is 0 Å². The molecule has 23 heavy (non-hydrogen) atoms. The summed E-state index contributed by atoms with van der Waals surface area (Å²) in [5, 5.41) is 3.63. The summed E-state index contributed by atoms with van der Waals surface area (Å²) in [5.74, 6) is -0.530. The average molecular weight is 355 g/mol. The van der Waals surface area contributed by atoms with Crippen LogP contribution >= 0.6 is 23.2 Å². The van der Waals surface area contributed by atoms with Gasteiger partial charge in [-0.25, -0.2) is 4.39 Å². The molecule has 1 N–H and O–H groups in total. The van der Waals surface area contributed by atoms with Crippen molar-refractivity contribution in [1.82, 2.24) is 4.90 Å². The van der Waals surface area contributed by atoms with Crippen molar-refractivity contribution in [1.29, 1.82) is 0 Å². The number of anilines is 1. The van der Waals surface area contributed by atoms with Crippen LogP contribution in [0.5, 0.6) is 0 Å². The molecule has 2 aromatic carbocycles. The van der Waals surface area contributed by atoms with Gasteiger partial charge in [-0.2, -0.15) is 0 Å². The van der Waals surface area contributed by atoms with E-state index in [2.05, 4.69) is 5.32 Å². The van der Waals surface area contributed by atoms with Gasteiger partial charge in [-0.3, -0.25) is 9.69 Å². The van der Waals surface area contributed by atoms with E-state index in [1.807, 2.05) is 0 Å². The Morgan fingerprint density at radius 1 is 1.26 bits per heavy atom. The predicted octanol–water partition coefficient (Wildman–Crippen LogP) is 4.59. The molecule has 1 unspecified atom stereocenters. The van der Waals surface area contributed by atoms with Crippen LogP contribution in [0.25, 0.3) is 0 Å². The van der Waals surface area contributed by atoms with Crippen LogP contribution in [-0.4, -0.2) is 23.9 Å². The van der Waals surface area contributed by atoms with Crippen LogP contribution in [0.4, 0.5) is 10.1 Å². The fourth-order valence-electron chi connectivity index (χ4n) is 2.06. The van der Waals surface area contributed by atoms with E-state index in [0.29, 0.717) is 27.8 Å². The first kappa shape index (κ1) is 17.7. The van der Waals surface area contributed by atoms with Gasteiger partial charge in [0.2, 0.25) is 5.91 Å². The summed E-state index contributed by atoms with van der Waals surface area (Å²) in [7, 11) is 1.76. The standard InChI is InChI=1S/C17H17Cl2FN2O/c1-11(22(2)10-12-5-3-4-6-15(12)20)17(23)21-16-9-13(18)7-8-14(16)19/h3-9,11H,10H2,1-2H3,(H,21,23). The molecule has 6 heteroatoms. The predicted molar refractivity (Wildman–Crippen MR) is 92.4 cm³/mol. The Morgan fingerprint density at radius 2 is 1.96 bits per heavy atom. The molecule has 3 nitrogen and oxygen atoms in total. The highest BCUT2D eigenvalue weighted by molar-refractivity contribution is 6.35. The number of likely N-dealkylation sites (N-methyl/N-ethyl adjacent to an activating group) is 1.